The molecule has 2 aromatic carbocycles. The quantitative estimate of drug-likeness (QED) is 0.728. The lowest BCUT2D eigenvalue weighted by molar-refractivity contribution is -0.111. The van der Waals surface area contributed by atoms with Crippen LogP contribution in [0.5, 0.6) is 0 Å². The van der Waals surface area contributed by atoms with Crippen LogP contribution in [0.4, 0.5) is 11.4 Å². The van der Waals surface area contributed by atoms with E-state index in [1.54, 1.807) is 36.4 Å². The molecule has 0 aliphatic carbocycles. The van der Waals surface area contributed by atoms with Crippen molar-refractivity contribution >= 4 is 52.5 Å². The van der Waals surface area contributed by atoms with Gasteiger partial charge in [0.05, 0.1) is 21.4 Å². The van der Waals surface area contributed by atoms with Gasteiger partial charge in [-0.1, -0.05) is 29.3 Å². The molecule has 3 rings (SSSR count). The van der Waals surface area contributed by atoms with Crippen molar-refractivity contribution in [1.82, 2.24) is 0 Å². The number of benzene rings is 2. The summed E-state index contributed by atoms with van der Waals surface area (Å²) in [5.41, 5.74) is 7.93. The van der Waals surface area contributed by atoms with Crippen molar-refractivity contribution in [2.45, 2.75) is 12.8 Å². The van der Waals surface area contributed by atoms with Gasteiger partial charge >= 0.3 is 0 Å². The molecule has 0 aromatic heterocycles. The maximum atomic E-state index is 12.4. The molecule has 5 nitrogen and oxygen atoms in total. The van der Waals surface area contributed by atoms with Gasteiger partial charge in [-0.3, -0.25) is 9.59 Å². The van der Waals surface area contributed by atoms with Crippen molar-refractivity contribution in [2.75, 3.05) is 23.3 Å². The highest BCUT2D eigenvalue weighted by atomic mass is 35.5. The van der Waals surface area contributed by atoms with Crippen LogP contribution < -0.4 is 16.0 Å². The number of carbonyl (C=O) groups is 2. The van der Waals surface area contributed by atoms with Crippen LogP contribution in [0.15, 0.2) is 42.5 Å². The average Bonchev–Trinajstić information content (AvgIpc) is 3.17. The van der Waals surface area contributed by atoms with Gasteiger partial charge in [-0.25, -0.2) is 0 Å². The summed E-state index contributed by atoms with van der Waals surface area (Å²) in [7, 11) is 0. The van der Waals surface area contributed by atoms with E-state index in [2.05, 4.69) is 10.2 Å². The number of carbonyl (C=O) groups excluding carboxylic acids is 2. The minimum absolute atomic E-state index is 0.317. The van der Waals surface area contributed by atoms with Crippen LogP contribution in [0.25, 0.3) is 6.08 Å². The number of anilines is 2. The van der Waals surface area contributed by atoms with Crippen molar-refractivity contribution in [3.8, 4) is 0 Å². The van der Waals surface area contributed by atoms with Gasteiger partial charge in [0, 0.05) is 24.7 Å². The van der Waals surface area contributed by atoms with Crippen LogP contribution in [0.2, 0.25) is 10.0 Å². The number of hydrogen-bond acceptors (Lipinski definition) is 3. The summed E-state index contributed by atoms with van der Waals surface area (Å²) in [6, 6.07) is 10.2. The maximum Gasteiger partial charge on any atom is 0.248 e. The first-order valence-electron chi connectivity index (χ1n) is 8.57. The Balaban J connectivity index is 1.80. The molecular formula is C20H19Cl2N3O2. The molecule has 0 bridgehead atoms. The van der Waals surface area contributed by atoms with E-state index in [1.807, 2.05) is 6.07 Å². The van der Waals surface area contributed by atoms with Gasteiger partial charge in [0.15, 0.2) is 0 Å². The fourth-order valence-electron chi connectivity index (χ4n) is 2.99. The van der Waals surface area contributed by atoms with Gasteiger partial charge in [-0.15, -0.1) is 0 Å². The number of hydrogen-bond donors (Lipinski definition) is 2. The second kappa shape index (κ2) is 8.46. The first kappa shape index (κ1) is 19.3. The molecule has 0 spiro atoms. The molecule has 2 amide bonds. The number of primary amides is 1. The van der Waals surface area contributed by atoms with Crippen LogP contribution >= 0.6 is 23.2 Å². The maximum absolute atomic E-state index is 12.4. The smallest absolute Gasteiger partial charge is 0.248 e. The fourth-order valence-corrected chi connectivity index (χ4v) is 3.29. The van der Waals surface area contributed by atoms with Crippen LogP contribution in [-0.2, 0) is 4.79 Å². The number of nitrogens with two attached hydrogens (primary N) is 1. The van der Waals surface area contributed by atoms with Crippen LogP contribution in [0.1, 0.15) is 28.8 Å². The third-order valence-corrected chi connectivity index (χ3v) is 5.10. The monoisotopic (exact) mass is 403 g/mol. The van der Waals surface area contributed by atoms with E-state index in [-0.39, 0.29) is 5.91 Å². The molecule has 0 radical (unpaired) electrons. The molecule has 7 heteroatoms. The van der Waals surface area contributed by atoms with Gasteiger partial charge in [0.2, 0.25) is 11.8 Å². The first-order chi connectivity index (χ1) is 12.9. The van der Waals surface area contributed by atoms with Gasteiger partial charge in [0.1, 0.15) is 0 Å². The van der Waals surface area contributed by atoms with Crippen LogP contribution in [0.3, 0.4) is 0 Å². The van der Waals surface area contributed by atoms with Crippen molar-refractivity contribution < 1.29 is 9.59 Å². The minimum atomic E-state index is -0.537. The number of halogens is 2. The number of nitrogens with one attached hydrogen (secondary N) is 1. The van der Waals surface area contributed by atoms with Crippen LogP contribution in [0, 0.1) is 0 Å². The molecule has 1 saturated heterocycles. The zero-order valence-corrected chi connectivity index (χ0v) is 16.1. The SMILES string of the molecule is NC(=O)c1ccc(N2CCCC2)c(NC(=O)/C=C/c2ccc(Cl)c(Cl)c2)c1. The van der Waals surface area contributed by atoms with Crippen molar-refractivity contribution in [2.24, 2.45) is 5.73 Å². The van der Waals surface area contributed by atoms with E-state index in [1.165, 1.54) is 6.08 Å². The lowest BCUT2D eigenvalue weighted by Crippen LogP contribution is -2.21. The second-order valence-electron chi connectivity index (χ2n) is 6.29. The highest BCUT2D eigenvalue weighted by Gasteiger charge is 2.18. The van der Waals surface area contributed by atoms with E-state index in [9.17, 15) is 9.59 Å². The normalized spacial score (nSPS) is 13.9. The third-order valence-electron chi connectivity index (χ3n) is 4.36. The molecule has 27 heavy (non-hydrogen) atoms. The zero-order chi connectivity index (χ0) is 19.4. The first-order valence-corrected chi connectivity index (χ1v) is 9.32. The van der Waals surface area contributed by atoms with E-state index in [0.717, 1.165) is 37.2 Å². The largest absolute Gasteiger partial charge is 0.370 e. The Kier molecular flexibility index (Phi) is 6.04. The predicted octanol–water partition coefficient (Wildman–Crippen LogP) is 4.34. The van der Waals surface area contributed by atoms with Gasteiger partial charge < -0.3 is 16.0 Å². The number of nitrogens with zero attached hydrogens (tertiary/aromatic N) is 1. The Morgan fingerprint density at radius 1 is 1.04 bits per heavy atom. The highest BCUT2D eigenvalue weighted by molar-refractivity contribution is 6.42. The number of amides is 2. The average molecular weight is 404 g/mol. The molecule has 1 aliphatic heterocycles. The molecule has 1 heterocycles. The molecule has 0 unspecified atom stereocenters. The van der Waals surface area contributed by atoms with Crippen molar-refractivity contribution in [3.63, 3.8) is 0 Å². The molecule has 0 saturated carbocycles. The van der Waals surface area contributed by atoms with E-state index >= 15 is 0 Å². The molecule has 3 N–H and O–H groups in total. The topological polar surface area (TPSA) is 75.4 Å². The molecule has 1 aliphatic rings. The molecule has 0 atom stereocenters. The van der Waals surface area contributed by atoms with E-state index in [4.69, 9.17) is 28.9 Å². The Hall–Kier alpha value is -2.50. The molecule has 2 aromatic rings. The fraction of sp³-hybridized carbons (Fsp3) is 0.200. The second-order valence-corrected chi connectivity index (χ2v) is 7.10. The van der Waals surface area contributed by atoms with Gasteiger partial charge in [-0.05, 0) is 54.8 Å². The van der Waals surface area contributed by atoms with Gasteiger partial charge in [-0.2, -0.15) is 0 Å². The molecule has 140 valence electrons. The Morgan fingerprint density at radius 2 is 1.78 bits per heavy atom. The molecule has 1 fully saturated rings. The summed E-state index contributed by atoms with van der Waals surface area (Å²) >= 11 is 11.9. The highest BCUT2D eigenvalue weighted by Crippen LogP contribution is 2.30. The van der Waals surface area contributed by atoms with E-state index in [0.29, 0.717) is 21.3 Å². The summed E-state index contributed by atoms with van der Waals surface area (Å²) in [4.78, 5) is 26.1. The predicted molar refractivity (Wildman–Crippen MR) is 111 cm³/mol. The summed E-state index contributed by atoms with van der Waals surface area (Å²) in [6.45, 7) is 1.83. The lowest BCUT2D eigenvalue weighted by Gasteiger charge is -2.21. The number of rotatable bonds is 5. The van der Waals surface area contributed by atoms with E-state index < -0.39 is 5.91 Å². The van der Waals surface area contributed by atoms with Crippen molar-refractivity contribution in [1.29, 1.82) is 0 Å². The summed E-state index contributed by atoms with van der Waals surface area (Å²) in [5.74, 6) is -0.854. The summed E-state index contributed by atoms with van der Waals surface area (Å²) < 4.78 is 0. The van der Waals surface area contributed by atoms with Crippen molar-refractivity contribution in [3.05, 3.63) is 63.6 Å². The molecular weight excluding hydrogens is 385 g/mol. The summed E-state index contributed by atoms with van der Waals surface area (Å²) in [5, 5.41) is 3.72. The Labute approximate surface area is 167 Å². The van der Waals surface area contributed by atoms with Crippen LogP contribution in [-0.4, -0.2) is 24.9 Å². The minimum Gasteiger partial charge on any atom is -0.370 e. The standard InChI is InChI=1S/C20H19Cl2N3O2/c21-15-6-3-13(11-16(15)22)4-8-19(26)24-17-12-14(20(23)27)5-7-18(17)25-9-1-2-10-25/h3-8,11-12H,1-2,9-10H2,(H2,23,27)(H,24,26)/b8-4+. The Bertz CT molecular complexity index is 906. The third kappa shape index (κ3) is 4.81. The van der Waals surface area contributed by atoms with Gasteiger partial charge in [0.25, 0.3) is 0 Å². The summed E-state index contributed by atoms with van der Waals surface area (Å²) in [6.07, 6.45) is 5.25. The lowest BCUT2D eigenvalue weighted by atomic mass is 10.1. The Morgan fingerprint density at radius 3 is 2.44 bits per heavy atom. The zero-order valence-electron chi connectivity index (χ0n) is 14.5.